The second-order valence-corrected chi connectivity index (χ2v) is 2.28. The molecule has 0 aliphatic carbocycles. The topological polar surface area (TPSA) is 26.0 Å². The van der Waals surface area contributed by atoms with Gasteiger partial charge in [0.15, 0.2) is 0 Å². The molecule has 0 bridgehead atoms. The fourth-order valence-electron chi connectivity index (χ4n) is 0.879. The molecule has 0 heterocycles. The molecule has 1 aromatic rings. The zero-order chi connectivity index (χ0) is 7.23. The second kappa shape index (κ2) is 6.96. The molecule has 11 heavy (non-hydrogen) atoms. The standard InChI is InChI=1S/C9H12N.Y/c10-8-4-7-9-5-2-1-3-6-9;/h1-3,5H,4,7-8,10H2;/q-1;. The van der Waals surface area contributed by atoms with Crippen molar-refractivity contribution in [2.75, 3.05) is 6.54 Å². The first-order valence-electron chi connectivity index (χ1n) is 3.59. The van der Waals surface area contributed by atoms with E-state index in [4.69, 9.17) is 5.73 Å². The van der Waals surface area contributed by atoms with E-state index in [0.29, 0.717) is 0 Å². The van der Waals surface area contributed by atoms with E-state index in [9.17, 15) is 0 Å². The van der Waals surface area contributed by atoms with Gasteiger partial charge in [0.05, 0.1) is 0 Å². The van der Waals surface area contributed by atoms with Crippen LogP contribution in [0, 0.1) is 6.07 Å². The van der Waals surface area contributed by atoms with Crippen molar-refractivity contribution in [3.8, 4) is 0 Å². The van der Waals surface area contributed by atoms with Crippen LogP contribution in [0.4, 0.5) is 0 Å². The van der Waals surface area contributed by atoms with E-state index in [-0.39, 0.29) is 32.7 Å². The molecule has 0 unspecified atom stereocenters. The van der Waals surface area contributed by atoms with Gasteiger partial charge in [0.25, 0.3) is 0 Å². The van der Waals surface area contributed by atoms with Crippen LogP contribution in [0.1, 0.15) is 12.0 Å². The minimum atomic E-state index is 0. The first-order valence-corrected chi connectivity index (χ1v) is 3.59. The van der Waals surface area contributed by atoms with E-state index in [2.05, 4.69) is 12.1 Å². The quantitative estimate of drug-likeness (QED) is 0.769. The third-order valence-electron chi connectivity index (χ3n) is 1.42. The Morgan fingerprint density at radius 1 is 1.36 bits per heavy atom. The van der Waals surface area contributed by atoms with Gasteiger partial charge >= 0.3 is 0 Å². The summed E-state index contributed by atoms with van der Waals surface area (Å²) in [6.45, 7) is 0.767. The number of hydrogen-bond acceptors (Lipinski definition) is 1. The maximum atomic E-state index is 5.36. The number of aryl methyl sites for hydroxylation is 1. The Hall–Kier alpha value is 0.284. The maximum absolute atomic E-state index is 5.36. The average molecular weight is 223 g/mol. The third-order valence-corrected chi connectivity index (χ3v) is 1.42. The van der Waals surface area contributed by atoms with E-state index in [0.717, 1.165) is 19.4 Å². The van der Waals surface area contributed by atoms with Gasteiger partial charge in [-0.05, 0) is 19.4 Å². The smallest absolute Gasteiger partial charge is 0 e. The molecular weight excluding hydrogens is 211 g/mol. The van der Waals surface area contributed by atoms with Crippen LogP contribution in [0.2, 0.25) is 0 Å². The minimum absolute atomic E-state index is 0. The minimum Gasteiger partial charge on any atom is -0.330 e. The molecule has 2 N–H and O–H groups in total. The zero-order valence-corrected chi connectivity index (χ0v) is 9.42. The second-order valence-electron chi connectivity index (χ2n) is 2.28. The van der Waals surface area contributed by atoms with E-state index in [1.54, 1.807) is 0 Å². The van der Waals surface area contributed by atoms with Gasteiger partial charge in [-0.25, -0.2) is 0 Å². The Morgan fingerprint density at radius 3 is 2.73 bits per heavy atom. The van der Waals surface area contributed by atoms with E-state index < -0.39 is 0 Å². The van der Waals surface area contributed by atoms with Crippen molar-refractivity contribution in [2.24, 2.45) is 5.73 Å². The summed E-state index contributed by atoms with van der Waals surface area (Å²) >= 11 is 0. The van der Waals surface area contributed by atoms with Crippen molar-refractivity contribution in [2.45, 2.75) is 12.8 Å². The summed E-state index contributed by atoms with van der Waals surface area (Å²) in [7, 11) is 0. The van der Waals surface area contributed by atoms with Gasteiger partial charge in [-0.1, -0.05) is 0 Å². The van der Waals surface area contributed by atoms with Crippen molar-refractivity contribution in [1.82, 2.24) is 0 Å². The van der Waals surface area contributed by atoms with Gasteiger partial charge in [-0.3, -0.25) is 0 Å². The zero-order valence-electron chi connectivity index (χ0n) is 6.59. The molecule has 0 aliphatic heterocycles. The van der Waals surface area contributed by atoms with Crippen molar-refractivity contribution in [1.29, 1.82) is 0 Å². The van der Waals surface area contributed by atoms with Gasteiger partial charge < -0.3 is 5.73 Å². The molecule has 0 saturated heterocycles. The summed E-state index contributed by atoms with van der Waals surface area (Å²) < 4.78 is 0. The van der Waals surface area contributed by atoms with Crippen molar-refractivity contribution in [3.63, 3.8) is 0 Å². The Morgan fingerprint density at radius 2 is 2.18 bits per heavy atom. The van der Waals surface area contributed by atoms with E-state index in [1.807, 2.05) is 18.2 Å². The molecule has 0 saturated carbocycles. The number of hydrogen-bond donors (Lipinski definition) is 1. The van der Waals surface area contributed by atoms with E-state index >= 15 is 0 Å². The van der Waals surface area contributed by atoms with Crippen LogP contribution >= 0.6 is 0 Å². The number of benzene rings is 1. The summed E-state index contributed by atoms with van der Waals surface area (Å²) in [4.78, 5) is 0. The normalized spacial score (nSPS) is 8.82. The van der Waals surface area contributed by atoms with Crippen molar-refractivity contribution >= 4 is 0 Å². The van der Waals surface area contributed by atoms with Gasteiger partial charge in [-0.15, -0.1) is 0 Å². The predicted octanol–water partition coefficient (Wildman–Crippen LogP) is 1.38. The Bertz CT molecular complexity index is 174. The van der Waals surface area contributed by atoms with Gasteiger partial charge in [0.1, 0.15) is 0 Å². The number of rotatable bonds is 3. The summed E-state index contributed by atoms with van der Waals surface area (Å²) in [5.41, 5.74) is 6.62. The number of nitrogens with two attached hydrogens (primary N) is 1. The molecule has 0 fully saturated rings. The van der Waals surface area contributed by atoms with Crippen LogP contribution < -0.4 is 5.73 Å². The molecule has 2 heteroatoms. The Kier molecular flexibility index (Phi) is 7.14. The Balaban J connectivity index is 0.000001000. The first kappa shape index (κ1) is 11.3. The molecule has 0 amide bonds. The molecule has 1 nitrogen and oxygen atoms in total. The summed E-state index contributed by atoms with van der Waals surface area (Å²) in [5, 5.41) is 0. The average Bonchev–Trinajstić information content (AvgIpc) is 2.03. The van der Waals surface area contributed by atoms with Crippen LogP contribution in [0.5, 0.6) is 0 Å². The summed E-state index contributed by atoms with van der Waals surface area (Å²) in [5.74, 6) is 0. The molecule has 1 radical (unpaired) electrons. The molecular formula is C9H12NY-. The first-order chi connectivity index (χ1) is 4.93. The summed E-state index contributed by atoms with van der Waals surface area (Å²) in [6.07, 6.45) is 2.11. The molecule has 1 aromatic carbocycles. The largest absolute Gasteiger partial charge is 0.330 e. The summed E-state index contributed by atoms with van der Waals surface area (Å²) in [6, 6.07) is 11.2. The van der Waals surface area contributed by atoms with Crippen LogP contribution in [-0.4, -0.2) is 6.54 Å². The van der Waals surface area contributed by atoms with Crippen LogP contribution in [0.3, 0.4) is 0 Å². The molecule has 57 valence electrons. The molecule has 0 aromatic heterocycles. The fraction of sp³-hybridized carbons (Fsp3) is 0.333. The van der Waals surface area contributed by atoms with Crippen LogP contribution in [0.15, 0.2) is 24.3 Å². The molecule has 0 aliphatic rings. The van der Waals surface area contributed by atoms with Crippen molar-refractivity contribution < 1.29 is 32.7 Å². The maximum Gasteiger partial charge on any atom is 0 e. The van der Waals surface area contributed by atoms with Gasteiger partial charge in [0, 0.05) is 32.7 Å². The van der Waals surface area contributed by atoms with Crippen LogP contribution in [0.25, 0.3) is 0 Å². The van der Waals surface area contributed by atoms with Crippen LogP contribution in [-0.2, 0) is 39.1 Å². The fourth-order valence-corrected chi connectivity index (χ4v) is 0.879. The Labute approximate surface area is 93.2 Å². The van der Waals surface area contributed by atoms with Crippen molar-refractivity contribution in [3.05, 3.63) is 35.9 Å². The van der Waals surface area contributed by atoms with Gasteiger partial charge in [0.2, 0.25) is 0 Å². The molecule has 0 atom stereocenters. The van der Waals surface area contributed by atoms with E-state index in [1.165, 1.54) is 5.56 Å². The SMILES string of the molecule is NCCCc1[c-]cccc1.[Y]. The molecule has 1 rings (SSSR count). The van der Waals surface area contributed by atoms with Gasteiger partial charge in [-0.2, -0.15) is 35.9 Å². The predicted molar refractivity (Wildman–Crippen MR) is 42.7 cm³/mol. The monoisotopic (exact) mass is 223 g/mol. The molecule has 0 spiro atoms. The third kappa shape index (κ3) is 4.68.